The van der Waals surface area contributed by atoms with E-state index < -0.39 is 10.2 Å². The molecule has 1 unspecified atom stereocenters. The number of nitro benzene ring substituents is 1. The summed E-state index contributed by atoms with van der Waals surface area (Å²) in [7, 11) is 3.17. The van der Waals surface area contributed by atoms with Gasteiger partial charge < -0.3 is 14.8 Å². The number of rotatable bonds is 9. The van der Waals surface area contributed by atoms with E-state index in [1.165, 1.54) is 6.07 Å². The molecular weight excluding hydrogens is 528 g/mol. The molecule has 1 N–H and O–H groups in total. The van der Waals surface area contributed by atoms with Gasteiger partial charge in [0.2, 0.25) is 5.91 Å². The number of carbonyl (C=O) groups excluding carboxylic acids is 1. The number of nitrogens with one attached hydrogen (secondary N) is 1. The monoisotopic (exact) mass is 554 g/mol. The highest BCUT2D eigenvalue weighted by atomic mass is 32.2. The molecule has 1 heterocycles. The molecule has 0 aliphatic carbocycles. The van der Waals surface area contributed by atoms with Gasteiger partial charge in [-0.25, -0.2) is 4.98 Å². The average Bonchev–Trinajstić information content (AvgIpc) is 2.97. The van der Waals surface area contributed by atoms with Gasteiger partial charge in [-0.2, -0.15) is 5.26 Å². The fraction of sp³-hybridized carbons (Fsp3) is 0.167. The SMILES string of the molecule is COc1ccc(-c2cc(-c3ccc(OC)cc3)c(C#N)c(SC(C)C(=O)Nc3ccc(C)c([N+](=O)[O-])c3)n2)cc1. The van der Waals surface area contributed by atoms with E-state index in [4.69, 9.17) is 14.5 Å². The van der Waals surface area contributed by atoms with Crippen molar-refractivity contribution in [1.29, 1.82) is 5.26 Å². The summed E-state index contributed by atoms with van der Waals surface area (Å²) in [6.45, 7) is 3.33. The van der Waals surface area contributed by atoms with Gasteiger partial charge in [0.1, 0.15) is 22.6 Å². The van der Waals surface area contributed by atoms with Gasteiger partial charge in [0.05, 0.1) is 35.7 Å². The number of aromatic nitrogens is 1. The number of pyridine rings is 1. The third-order valence-electron chi connectivity index (χ3n) is 6.22. The van der Waals surface area contributed by atoms with E-state index in [1.807, 2.05) is 54.6 Å². The van der Waals surface area contributed by atoms with Crippen LogP contribution >= 0.6 is 11.8 Å². The zero-order chi connectivity index (χ0) is 28.8. The Morgan fingerprint density at radius 3 is 2.15 bits per heavy atom. The second-order valence-electron chi connectivity index (χ2n) is 8.81. The highest BCUT2D eigenvalue weighted by Crippen LogP contribution is 2.37. The number of aryl methyl sites for hydroxylation is 1. The van der Waals surface area contributed by atoms with Gasteiger partial charge in [-0.15, -0.1) is 0 Å². The zero-order valence-corrected chi connectivity index (χ0v) is 23.1. The van der Waals surface area contributed by atoms with Crippen molar-refractivity contribution in [3.05, 3.63) is 94.0 Å². The van der Waals surface area contributed by atoms with Crippen LogP contribution in [0.25, 0.3) is 22.4 Å². The second-order valence-corrected chi connectivity index (χ2v) is 10.1. The molecule has 4 rings (SSSR count). The van der Waals surface area contributed by atoms with E-state index >= 15 is 0 Å². The number of hydrogen-bond donors (Lipinski definition) is 1. The van der Waals surface area contributed by atoms with Crippen molar-refractivity contribution in [3.63, 3.8) is 0 Å². The Hall–Kier alpha value is -4.88. The van der Waals surface area contributed by atoms with Crippen LogP contribution in [0.4, 0.5) is 11.4 Å². The van der Waals surface area contributed by atoms with Crippen LogP contribution in [0.5, 0.6) is 11.5 Å². The van der Waals surface area contributed by atoms with Crippen molar-refractivity contribution in [3.8, 4) is 40.0 Å². The molecule has 9 nitrogen and oxygen atoms in total. The predicted molar refractivity (Wildman–Crippen MR) is 155 cm³/mol. The molecule has 1 aromatic heterocycles. The Morgan fingerprint density at radius 2 is 1.60 bits per heavy atom. The lowest BCUT2D eigenvalue weighted by Crippen LogP contribution is -2.22. The maximum Gasteiger partial charge on any atom is 0.274 e. The Kier molecular flexibility index (Phi) is 8.67. The number of hydrogen-bond acceptors (Lipinski definition) is 8. The minimum absolute atomic E-state index is 0.0807. The van der Waals surface area contributed by atoms with Crippen LogP contribution in [0.1, 0.15) is 18.1 Å². The molecule has 40 heavy (non-hydrogen) atoms. The van der Waals surface area contributed by atoms with Crippen molar-refractivity contribution in [1.82, 2.24) is 4.98 Å². The van der Waals surface area contributed by atoms with Gasteiger partial charge in [0.15, 0.2) is 0 Å². The first-order valence-corrected chi connectivity index (χ1v) is 13.1. The highest BCUT2D eigenvalue weighted by Gasteiger charge is 2.22. The summed E-state index contributed by atoms with van der Waals surface area (Å²) in [6.07, 6.45) is 0. The van der Waals surface area contributed by atoms with E-state index in [-0.39, 0.29) is 11.6 Å². The number of anilines is 1. The lowest BCUT2D eigenvalue weighted by molar-refractivity contribution is -0.385. The van der Waals surface area contributed by atoms with E-state index in [0.717, 1.165) is 22.9 Å². The molecule has 1 amide bonds. The Labute approximate surface area is 235 Å². The Morgan fingerprint density at radius 1 is 1.00 bits per heavy atom. The lowest BCUT2D eigenvalue weighted by atomic mass is 9.99. The minimum atomic E-state index is -0.671. The molecule has 0 saturated carbocycles. The number of nitro groups is 1. The van der Waals surface area contributed by atoms with Crippen molar-refractivity contribution in [2.45, 2.75) is 24.1 Å². The summed E-state index contributed by atoms with van der Waals surface area (Å²) in [4.78, 5) is 28.7. The van der Waals surface area contributed by atoms with Crippen LogP contribution in [0.15, 0.2) is 77.8 Å². The van der Waals surface area contributed by atoms with E-state index in [0.29, 0.717) is 44.6 Å². The number of amides is 1. The highest BCUT2D eigenvalue weighted by molar-refractivity contribution is 8.00. The molecule has 0 spiro atoms. The largest absolute Gasteiger partial charge is 0.497 e. The number of carbonyl (C=O) groups is 1. The third-order valence-corrected chi connectivity index (χ3v) is 7.30. The first-order valence-electron chi connectivity index (χ1n) is 12.2. The quantitative estimate of drug-likeness (QED) is 0.139. The topological polar surface area (TPSA) is 127 Å². The molecule has 0 aliphatic heterocycles. The molecule has 0 saturated heterocycles. The van der Waals surface area contributed by atoms with Gasteiger partial charge in [-0.1, -0.05) is 30.0 Å². The van der Waals surface area contributed by atoms with Crippen molar-refractivity contribution >= 4 is 29.0 Å². The van der Waals surface area contributed by atoms with Crippen LogP contribution < -0.4 is 14.8 Å². The molecule has 0 fully saturated rings. The summed E-state index contributed by atoms with van der Waals surface area (Å²) >= 11 is 1.14. The summed E-state index contributed by atoms with van der Waals surface area (Å²) < 4.78 is 10.6. The number of ether oxygens (including phenoxy) is 2. The van der Waals surface area contributed by atoms with Crippen LogP contribution in [-0.2, 0) is 4.79 Å². The van der Waals surface area contributed by atoms with Crippen LogP contribution in [0.3, 0.4) is 0 Å². The second kappa shape index (κ2) is 12.3. The van der Waals surface area contributed by atoms with Gasteiger partial charge in [0.25, 0.3) is 5.69 Å². The fourth-order valence-corrected chi connectivity index (χ4v) is 4.90. The molecule has 0 radical (unpaired) electrons. The fourth-order valence-electron chi connectivity index (χ4n) is 3.97. The van der Waals surface area contributed by atoms with Crippen LogP contribution in [0, 0.1) is 28.4 Å². The Bertz CT molecular complexity index is 1600. The summed E-state index contributed by atoms with van der Waals surface area (Å²) in [5.41, 5.74) is 3.95. The minimum Gasteiger partial charge on any atom is -0.497 e. The normalized spacial score (nSPS) is 11.3. The predicted octanol–water partition coefficient (Wildman–Crippen LogP) is 6.64. The molecule has 1 atom stereocenters. The summed E-state index contributed by atoms with van der Waals surface area (Å²) in [6, 6.07) is 23.4. The van der Waals surface area contributed by atoms with Crippen LogP contribution in [-0.4, -0.2) is 35.3 Å². The number of nitrogens with zero attached hydrogens (tertiary/aromatic N) is 3. The van der Waals surface area contributed by atoms with E-state index in [9.17, 15) is 20.2 Å². The van der Waals surface area contributed by atoms with Gasteiger partial charge in [-0.3, -0.25) is 14.9 Å². The smallest absolute Gasteiger partial charge is 0.274 e. The van der Waals surface area contributed by atoms with Gasteiger partial charge in [0, 0.05) is 28.4 Å². The van der Waals surface area contributed by atoms with Crippen LogP contribution in [0.2, 0.25) is 0 Å². The van der Waals surface area contributed by atoms with Crippen molar-refractivity contribution in [2.75, 3.05) is 19.5 Å². The number of methoxy groups -OCH3 is 2. The standard InChI is InChI=1S/C30H26N4O5S/c1-18-5-10-22(15-28(18)34(36)37)32-29(35)19(2)40-30-26(17-31)25(20-6-11-23(38-3)12-7-20)16-27(33-30)21-8-13-24(39-4)14-9-21/h5-16,19H,1-4H3,(H,32,35). The number of nitriles is 1. The molecule has 3 aromatic carbocycles. The van der Waals surface area contributed by atoms with Crippen molar-refractivity contribution in [2.24, 2.45) is 0 Å². The molecule has 0 bridgehead atoms. The maximum absolute atomic E-state index is 13.1. The third kappa shape index (κ3) is 6.22. The number of benzene rings is 3. The number of thioether (sulfide) groups is 1. The van der Waals surface area contributed by atoms with E-state index in [2.05, 4.69) is 11.4 Å². The van der Waals surface area contributed by atoms with Gasteiger partial charge in [-0.05, 0) is 67.9 Å². The van der Waals surface area contributed by atoms with E-state index in [1.54, 1.807) is 40.2 Å². The lowest BCUT2D eigenvalue weighted by Gasteiger charge is -2.16. The molecule has 10 heteroatoms. The molecule has 202 valence electrons. The first-order chi connectivity index (χ1) is 19.2. The maximum atomic E-state index is 13.1. The summed E-state index contributed by atoms with van der Waals surface area (Å²) in [5, 5.41) is 23.9. The summed E-state index contributed by atoms with van der Waals surface area (Å²) in [5.74, 6) is 1.00. The zero-order valence-electron chi connectivity index (χ0n) is 22.3. The van der Waals surface area contributed by atoms with Crippen molar-refractivity contribution < 1.29 is 19.2 Å². The Balaban J connectivity index is 1.72. The molecule has 4 aromatic rings. The van der Waals surface area contributed by atoms with Gasteiger partial charge >= 0.3 is 0 Å². The first kappa shape index (κ1) is 28.1. The molecular formula is C30H26N4O5S. The average molecular weight is 555 g/mol. The molecule has 0 aliphatic rings.